The summed E-state index contributed by atoms with van der Waals surface area (Å²) in [6.07, 6.45) is -20.4. The highest BCUT2D eigenvalue weighted by molar-refractivity contribution is 7.99. The van der Waals surface area contributed by atoms with E-state index in [1.54, 1.807) is 84.9 Å². The molecule has 6 amide bonds. The quantitative estimate of drug-likeness (QED) is 0.0378. The molecular weight excluding hydrogens is 1310 g/mol. The molecule has 6 aromatic carbocycles. The Morgan fingerprint density at radius 2 is 0.657 bits per heavy atom. The molecule has 6 heterocycles. The van der Waals surface area contributed by atoms with Crippen LogP contribution in [-0.4, -0.2) is 191 Å². The van der Waals surface area contributed by atoms with E-state index in [-0.39, 0.29) is 46.6 Å². The molecule has 0 N–H and O–H groups in total. The van der Waals surface area contributed by atoms with Gasteiger partial charge in [-0.2, -0.15) is 0 Å². The molecule has 0 aliphatic carbocycles. The van der Waals surface area contributed by atoms with Gasteiger partial charge in [0.2, 0.25) is 0 Å². The lowest BCUT2D eigenvalue weighted by atomic mass is 9.92. The summed E-state index contributed by atoms with van der Waals surface area (Å²) >= 11 is 1.09. The minimum absolute atomic E-state index is 0.0252. The molecule has 0 radical (unpaired) electrons. The second-order valence-corrected chi connectivity index (χ2v) is 25.1. The molecule has 6 aliphatic heterocycles. The van der Waals surface area contributed by atoms with Crippen LogP contribution in [0.3, 0.4) is 0 Å². The van der Waals surface area contributed by atoms with Crippen LogP contribution < -0.4 is 0 Å². The fraction of sp³-hybridized carbons (Fsp3) is 0.347. The fourth-order valence-electron chi connectivity index (χ4n) is 13.2. The van der Waals surface area contributed by atoms with Crippen molar-refractivity contribution in [2.75, 3.05) is 19.8 Å². The van der Waals surface area contributed by atoms with Gasteiger partial charge in [0, 0.05) is 39.5 Å². The molecule has 99 heavy (non-hydrogen) atoms. The van der Waals surface area contributed by atoms with Crippen molar-refractivity contribution >= 4 is 77.1 Å². The van der Waals surface area contributed by atoms with Crippen molar-refractivity contribution in [3.8, 4) is 0 Å². The zero-order valence-electron chi connectivity index (χ0n) is 53.9. The zero-order chi connectivity index (χ0) is 69.8. The van der Waals surface area contributed by atoms with Crippen molar-refractivity contribution in [2.45, 2.75) is 144 Å². The van der Waals surface area contributed by atoms with Crippen molar-refractivity contribution < 1.29 is 110 Å². The van der Waals surface area contributed by atoms with Crippen molar-refractivity contribution in [1.82, 2.24) is 14.7 Å². The van der Waals surface area contributed by atoms with Crippen molar-refractivity contribution in [3.05, 3.63) is 208 Å². The summed E-state index contributed by atoms with van der Waals surface area (Å²) in [4.78, 5) is 161. The normalized spacial score (nSPS) is 27.1. The van der Waals surface area contributed by atoms with Crippen LogP contribution in [0.5, 0.6) is 0 Å². The number of nitrogens with zero attached hydrogens (tertiary/aromatic N) is 3. The Morgan fingerprint density at radius 3 is 1.02 bits per heavy atom. The zero-order valence-corrected chi connectivity index (χ0v) is 54.7. The molecule has 0 bridgehead atoms. The fourth-order valence-corrected chi connectivity index (χ4v) is 14.4. The lowest BCUT2D eigenvalue weighted by Crippen LogP contribution is -2.72. The standard InChI is InChI=1S/C72H67N3O23S/c1-38(76)89-37-54-58(90-39(2)77)61(91-40(3)78)55(73-64(81)46-27-15-16-28-47(46)65(73)82)71(95-54)97-59-52(35-87-33-43-21-9-6-10-22-43)94-70(56(62(59)92-41(4)79)74-66(83)48-29-17-18-30-49(48)67(74)84)98-60-53(36-88-34-44-23-11-7-12-24-44)96-72(99-45-25-13-8-14-26-45)57(63(60)93-42(5)80)75-68(85)50-31-19-20-32-51(50)69(75)86/h6-32,52-63,70-72H,33-37H2,1-5H3/t52-,53-,54-,55-,56-,57-,58-,59-,60-,61-,62-,63-,70+,71+,72+/m1/s1. The molecule has 27 heteroatoms. The van der Waals surface area contributed by atoms with Crippen LogP contribution in [0.15, 0.2) is 169 Å². The molecule has 12 rings (SSSR count). The Morgan fingerprint density at radius 1 is 0.354 bits per heavy atom. The van der Waals surface area contributed by atoms with Gasteiger partial charge in [-0.1, -0.05) is 127 Å². The summed E-state index contributed by atoms with van der Waals surface area (Å²) in [6, 6.07) is 38.7. The van der Waals surface area contributed by atoms with Crippen LogP contribution >= 0.6 is 11.8 Å². The van der Waals surface area contributed by atoms with Crippen LogP contribution in [-0.2, 0) is 94.0 Å². The van der Waals surface area contributed by atoms with Gasteiger partial charge in [-0.25, -0.2) is 0 Å². The van der Waals surface area contributed by atoms with Gasteiger partial charge >= 0.3 is 29.8 Å². The molecule has 514 valence electrons. The third-order valence-corrected chi connectivity index (χ3v) is 18.4. The molecule has 6 aromatic rings. The average Bonchev–Trinajstić information content (AvgIpc) is 1.70. The van der Waals surface area contributed by atoms with Gasteiger partial charge in [-0.05, 0) is 59.7 Å². The maximum atomic E-state index is 15.5. The van der Waals surface area contributed by atoms with E-state index in [2.05, 4.69) is 0 Å². The summed E-state index contributed by atoms with van der Waals surface area (Å²) in [5, 5.41) is 0. The number of carbonyl (C=O) groups excluding carboxylic acids is 11. The molecule has 0 unspecified atom stereocenters. The first-order chi connectivity index (χ1) is 47.8. The molecule has 0 aromatic heterocycles. The Kier molecular flexibility index (Phi) is 21.0. The van der Waals surface area contributed by atoms with Gasteiger partial charge in [0.25, 0.3) is 35.4 Å². The van der Waals surface area contributed by atoms with Gasteiger partial charge < -0.3 is 56.8 Å². The summed E-state index contributed by atoms with van der Waals surface area (Å²) < 4.78 is 78.3. The number of thioether (sulfide) groups is 1. The number of amides is 6. The third-order valence-electron chi connectivity index (χ3n) is 17.2. The topological polar surface area (TPSA) is 308 Å². The Bertz CT molecular complexity index is 3980. The van der Waals surface area contributed by atoms with E-state index in [1.165, 1.54) is 60.7 Å². The van der Waals surface area contributed by atoms with E-state index in [0.717, 1.165) is 61.7 Å². The molecule has 3 fully saturated rings. The predicted octanol–water partition coefficient (Wildman–Crippen LogP) is 6.44. The van der Waals surface area contributed by atoms with Crippen molar-refractivity contribution in [1.29, 1.82) is 0 Å². The number of carbonyl (C=O) groups is 11. The van der Waals surface area contributed by atoms with E-state index in [9.17, 15) is 43.2 Å². The summed E-state index contributed by atoms with van der Waals surface area (Å²) in [5.41, 5.74) is -0.339. The monoisotopic (exact) mass is 1370 g/mol. The van der Waals surface area contributed by atoms with Gasteiger partial charge in [0.1, 0.15) is 60.7 Å². The second kappa shape index (κ2) is 30.1. The van der Waals surface area contributed by atoms with E-state index < -0.39 is 176 Å². The minimum Gasteiger partial charge on any atom is -0.463 e. The highest BCUT2D eigenvalue weighted by atomic mass is 32.2. The molecule has 0 spiro atoms. The number of fused-ring (bicyclic) bond motifs is 3. The van der Waals surface area contributed by atoms with Gasteiger partial charge in [-0.15, -0.1) is 0 Å². The summed E-state index contributed by atoms with van der Waals surface area (Å²) in [5.74, 6) is -10.3. The summed E-state index contributed by atoms with van der Waals surface area (Å²) in [7, 11) is 0. The number of hydrogen-bond acceptors (Lipinski definition) is 24. The first-order valence-corrected chi connectivity index (χ1v) is 32.6. The molecule has 0 saturated carbocycles. The van der Waals surface area contributed by atoms with Crippen LogP contribution in [0.2, 0.25) is 0 Å². The lowest BCUT2D eigenvalue weighted by molar-refractivity contribution is -0.355. The molecule has 26 nitrogen and oxygen atoms in total. The first-order valence-electron chi connectivity index (χ1n) is 31.7. The second-order valence-electron chi connectivity index (χ2n) is 23.9. The van der Waals surface area contributed by atoms with Gasteiger partial charge in [0.15, 0.2) is 37.0 Å². The smallest absolute Gasteiger partial charge is 0.303 e. The highest BCUT2D eigenvalue weighted by Gasteiger charge is 2.64. The predicted molar refractivity (Wildman–Crippen MR) is 341 cm³/mol. The number of hydrogen-bond donors (Lipinski definition) is 0. The first kappa shape index (κ1) is 69.1. The van der Waals surface area contributed by atoms with Crippen molar-refractivity contribution in [3.63, 3.8) is 0 Å². The van der Waals surface area contributed by atoms with E-state index >= 15 is 9.59 Å². The van der Waals surface area contributed by atoms with Crippen LogP contribution in [0.25, 0.3) is 0 Å². The number of imide groups is 3. The Labute approximate surface area is 570 Å². The molecule has 6 aliphatic rings. The Hall–Kier alpha value is -9.84. The summed E-state index contributed by atoms with van der Waals surface area (Å²) in [6.45, 7) is 3.31. The molecule has 15 atom stereocenters. The number of rotatable bonds is 23. The largest absolute Gasteiger partial charge is 0.463 e. The number of ether oxygens (including phenoxy) is 12. The van der Waals surface area contributed by atoms with Crippen LogP contribution in [0.4, 0.5) is 0 Å². The highest BCUT2D eigenvalue weighted by Crippen LogP contribution is 2.45. The number of esters is 5. The minimum atomic E-state index is -2.15. The molecular formula is C72H67N3O23S. The van der Waals surface area contributed by atoms with E-state index in [4.69, 9.17) is 56.8 Å². The lowest BCUT2D eigenvalue weighted by Gasteiger charge is -2.53. The van der Waals surface area contributed by atoms with Crippen LogP contribution in [0, 0.1) is 0 Å². The Balaban J connectivity index is 1.04. The third kappa shape index (κ3) is 14.5. The average molecular weight is 1370 g/mol. The van der Waals surface area contributed by atoms with Crippen molar-refractivity contribution in [2.24, 2.45) is 0 Å². The maximum Gasteiger partial charge on any atom is 0.303 e. The van der Waals surface area contributed by atoms with E-state index in [0.29, 0.717) is 15.4 Å². The van der Waals surface area contributed by atoms with Crippen LogP contribution in [0.1, 0.15) is 108 Å². The maximum absolute atomic E-state index is 15.5. The van der Waals surface area contributed by atoms with Gasteiger partial charge in [0.05, 0.1) is 59.8 Å². The SMILES string of the molecule is CC(=O)OC[C@H]1O[C@@H](O[C@H]2[C@H](OC(C)=O)[C@@H](N3C(=O)c4ccccc4C3=O)[C@H](O[C@H]3[C@H](OC(C)=O)[C@@H](N4C(=O)c5ccccc5C4=O)[C@H](Sc4ccccc4)O[C@@H]3COCc3ccccc3)O[C@@H]2COCc2ccccc2)[C@H](N2C(=O)c3ccccc3C2=O)[C@@H](OC(C)=O)[C@@H]1OC(C)=O. The van der Waals surface area contributed by atoms with Gasteiger partial charge in [-0.3, -0.25) is 67.4 Å². The number of benzene rings is 6. The van der Waals surface area contributed by atoms with E-state index in [1.807, 2.05) is 18.2 Å². The molecule has 3 saturated heterocycles.